The zero-order valence-electron chi connectivity index (χ0n) is 11.8. The summed E-state index contributed by atoms with van der Waals surface area (Å²) in [6, 6.07) is 0.0993. The molecule has 108 valence electrons. The van der Waals surface area contributed by atoms with Gasteiger partial charge >= 0.3 is 0 Å². The second-order valence-electron chi connectivity index (χ2n) is 5.07. The average Bonchev–Trinajstić information content (AvgIpc) is 2.40. The van der Waals surface area contributed by atoms with Crippen LogP contribution < -0.4 is 5.73 Å². The Morgan fingerprint density at radius 2 is 1.78 bits per heavy atom. The molecule has 1 rings (SSSR count). The lowest BCUT2D eigenvalue weighted by Gasteiger charge is -2.35. The van der Waals surface area contributed by atoms with Crippen molar-refractivity contribution in [2.24, 2.45) is 11.7 Å². The maximum Gasteiger partial charge on any atom is 0.281 e. The van der Waals surface area contributed by atoms with Crippen LogP contribution in [-0.4, -0.2) is 49.8 Å². The maximum atomic E-state index is 12.5. The van der Waals surface area contributed by atoms with Crippen molar-refractivity contribution in [2.75, 3.05) is 26.7 Å². The summed E-state index contributed by atoms with van der Waals surface area (Å²) >= 11 is 0. The van der Waals surface area contributed by atoms with Crippen LogP contribution in [-0.2, 0) is 10.2 Å². The van der Waals surface area contributed by atoms with Gasteiger partial charge in [-0.2, -0.15) is 17.0 Å². The third-order valence-corrected chi connectivity index (χ3v) is 6.10. The fourth-order valence-corrected chi connectivity index (χ4v) is 4.26. The Morgan fingerprint density at radius 1 is 1.28 bits per heavy atom. The van der Waals surface area contributed by atoms with E-state index in [0.29, 0.717) is 25.6 Å². The van der Waals surface area contributed by atoms with Gasteiger partial charge in [0.1, 0.15) is 0 Å². The van der Waals surface area contributed by atoms with E-state index in [1.807, 2.05) is 13.8 Å². The summed E-state index contributed by atoms with van der Waals surface area (Å²) in [5.41, 5.74) is 5.63. The van der Waals surface area contributed by atoms with E-state index in [1.165, 1.54) is 4.31 Å². The molecule has 0 aliphatic carbocycles. The molecule has 1 heterocycles. The lowest BCUT2D eigenvalue weighted by molar-refractivity contribution is 0.248. The van der Waals surface area contributed by atoms with E-state index in [0.717, 1.165) is 25.7 Å². The molecule has 0 unspecified atom stereocenters. The van der Waals surface area contributed by atoms with Gasteiger partial charge in [0.05, 0.1) is 0 Å². The molecule has 5 nitrogen and oxygen atoms in total. The molecular weight excluding hydrogens is 250 g/mol. The molecule has 0 aromatic heterocycles. The van der Waals surface area contributed by atoms with Crippen LogP contribution in [0.1, 0.15) is 39.5 Å². The summed E-state index contributed by atoms with van der Waals surface area (Å²) in [5.74, 6) is 0.481. The predicted molar refractivity (Wildman–Crippen MR) is 74.4 cm³/mol. The molecule has 0 atom stereocenters. The lowest BCUT2D eigenvalue weighted by atomic mass is 9.99. The molecule has 1 aliphatic heterocycles. The van der Waals surface area contributed by atoms with Gasteiger partial charge in [0.15, 0.2) is 0 Å². The average molecular weight is 277 g/mol. The molecule has 18 heavy (non-hydrogen) atoms. The number of piperidine rings is 1. The largest absolute Gasteiger partial charge is 0.330 e. The summed E-state index contributed by atoms with van der Waals surface area (Å²) in [5, 5.41) is 0. The van der Waals surface area contributed by atoms with Gasteiger partial charge in [0.2, 0.25) is 0 Å². The summed E-state index contributed by atoms with van der Waals surface area (Å²) in [7, 11) is -1.59. The van der Waals surface area contributed by atoms with Gasteiger partial charge < -0.3 is 5.73 Å². The zero-order chi connectivity index (χ0) is 13.8. The van der Waals surface area contributed by atoms with E-state index >= 15 is 0 Å². The highest BCUT2D eigenvalue weighted by Gasteiger charge is 2.33. The van der Waals surface area contributed by atoms with Gasteiger partial charge in [-0.1, -0.05) is 13.8 Å². The number of nitrogens with two attached hydrogens (primary N) is 1. The van der Waals surface area contributed by atoms with Crippen LogP contribution in [0.15, 0.2) is 0 Å². The van der Waals surface area contributed by atoms with Crippen LogP contribution in [0.2, 0.25) is 0 Å². The minimum atomic E-state index is -3.29. The van der Waals surface area contributed by atoms with Crippen molar-refractivity contribution >= 4 is 10.2 Å². The Morgan fingerprint density at radius 3 is 2.17 bits per heavy atom. The van der Waals surface area contributed by atoms with Crippen molar-refractivity contribution in [3.05, 3.63) is 0 Å². The first-order valence-electron chi connectivity index (χ1n) is 6.90. The van der Waals surface area contributed by atoms with Gasteiger partial charge in [0.25, 0.3) is 10.2 Å². The SMILES string of the molecule is CCC(CC)N(C)S(=O)(=O)N1CCC(CN)CC1. The molecule has 0 amide bonds. The Bertz CT molecular complexity index is 333. The van der Waals surface area contributed by atoms with E-state index in [2.05, 4.69) is 0 Å². The Labute approximate surface area is 112 Å². The summed E-state index contributed by atoms with van der Waals surface area (Å²) in [4.78, 5) is 0. The second-order valence-corrected chi connectivity index (χ2v) is 7.06. The van der Waals surface area contributed by atoms with Crippen molar-refractivity contribution in [3.63, 3.8) is 0 Å². The Hall–Kier alpha value is -0.170. The topological polar surface area (TPSA) is 66.6 Å². The van der Waals surface area contributed by atoms with Crippen LogP contribution in [0.4, 0.5) is 0 Å². The van der Waals surface area contributed by atoms with Crippen LogP contribution in [0.3, 0.4) is 0 Å². The van der Waals surface area contributed by atoms with Crippen molar-refractivity contribution < 1.29 is 8.42 Å². The highest BCUT2D eigenvalue weighted by molar-refractivity contribution is 7.86. The first-order chi connectivity index (χ1) is 8.47. The second kappa shape index (κ2) is 6.84. The van der Waals surface area contributed by atoms with Gasteiger partial charge in [-0.3, -0.25) is 0 Å². The molecule has 0 saturated carbocycles. The normalized spacial score (nSPS) is 19.9. The van der Waals surface area contributed by atoms with Crippen LogP contribution in [0, 0.1) is 5.92 Å². The molecule has 0 aromatic rings. The molecule has 1 aliphatic rings. The molecule has 0 bridgehead atoms. The Kier molecular flexibility index (Phi) is 6.04. The van der Waals surface area contributed by atoms with Gasteiger partial charge in [-0.15, -0.1) is 0 Å². The highest BCUT2D eigenvalue weighted by Crippen LogP contribution is 2.22. The molecule has 0 spiro atoms. The van der Waals surface area contributed by atoms with Gasteiger partial charge in [-0.25, -0.2) is 0 Å². The number of hydrogen-bond acceptors (Lipinski definition) is 3. The predicted octanol–water partition coefficient (Wildman–Crippen LogP) is 1.02. The summed E-state index contributed by atoms with van der Waals surface area (Å²) < 4.78 is 28.1. The number of hydrogen-bond donors (Lipinski definition) is 1. The Balaban J connectivity index is 2.69. The molecule has 1 saturated heterocycles. The first-order valence-corrected chi connectivity index (χ1v) is 8.30. The minimum Gasteiger partial charge on any atom is -0.330 e. The van der Waals surface area contributed by atoms with Crippen molar-refractivity contribution in [1.82, 2.24) is 8.61 Å². The lowest BCUT2D eigenvalue weighted by Crippen LogP contribution is -2.49. The molecular formula is C12H27N3O2S. The highest BCUT2D eigenvalue weighted by atomic mass is 32.2. The zero-order valence-corrected chi connectivity index (χ0v) is 12.6. The van der Waals surface area contributed by atoms with Crippen LogP contribution in [0.5, 0.6) is 0 Å². The number of nitrogens with zero attached hydrogens (tertiary/aromatic N) is 2. The van der Waals surface area contributed by atoms with E-state index in [9.17, 15) is 8.42 Å². The standard InChI is InChI=1S/C12H27N3O2S/c1-4-12(5-2)14(3)18(16,17)15-8-6-11(10-13)7-9-15/h11-12H,4-10,13H2,1-3H3. The fourth-order valence-electron chi connectivity index (χ4n) is 2.55. The first kappa shape index (κ1) is 15.9. The third kappa shape index (κ3) is 3.44. The molecule has 1 fully saturated rings. The monoisotopic (exact) mass is 277 g/mol. The van der Waals surface area contributed by atoms with Gasteiger partial charge in [-0.05, 0) is 38.1 Å². The number of rotatable bonds is 6. The summed E-state index contributed by atoms with van der Waals surface area (Å²) in [6.45, 7) is 5.93. The van der Waals surface area contributed by atoms with Crippen molar-refractivity contribution in [2.45, 2.75) is 45.6 Å². The molecule has 0 radical (unpaired) electrons. The summed E-state index contributed by atoms with van der Waals surface area (Å²) in [6.07, 6.45) is 3.47. The maximum absolute atomic E-state index is 12.5. The van der Waals surface area contributed by atoms with Crippen molar-refractivity contribution in [1.29, 1.82) is 0 Å². The van der Waals surface area contributed by atoms with Crippen molar-refractivity contribution in [3.8, 4) is 0 Å². The van der Waals surface area contributed by atoms with Gasteiger partial charge in [0, 0.05) is 26.2 Å². The molecule has 2 N–H and O–H groups in total. The quantitative estimate of drug-likeness (QED) is 0.788. The minimum absolute atomic E-state index is 0.0993. The van der Waals surface area contributed by atoms with E-state index in [4.69, 9.17) is 5.73 Å². The van der Waals surface area contributed by atoms with Crippen LogP contribution >= 0.6 is 0 Å². The molecule has 0 aromatic carbocycles. The molecule has 6 heteroatoms. The smallest absolute Gasteiger partial charge is 0.281 e. The fraction of sp³-hybridized carbons (Fsp3) is 1.00. The van der Waals surface area contributed by atoms with E-state index in [1.54, 1.807) is 11.4 Å². The van der Waals surface area contributed by atoms with E-state index < -0.39 is 10.2 Å². The van der Waals surface area contributed by atoms with Crippen LogP contribution in [0.25, 0.3) is 0 Å². The third-order valence-electron chi connectivity index (χ3n) is 4.05. The van der Waals surface area contributed by atoms with E-state index in [-0.39, 0.29) is 6.04 Å².